The van der Waals surface area contributed by atoms with Crippen LogP contribution in [0.4, 0.5) is 0 Å². The fraction of sp³-hybridized carbons (Fsp3) is 0.467. The maximum absolute atomic E-state index is 11.7. The Morgan fingerprint density at radius 2 is 1.81 bits per heavy atom. The molecule has 1 aromatic rings. The van der Waals surface area contributed by atoms with E-state index in [0.29, 0.717) is 10.8 Å². The van der Waals surface area contributed by atoms with Crippen LogP contribution in [0.3, 0.4) is 0 Å². The first-order valence-corrected chi connectivity index (χ1v) is 7.02. The van der Waals surface area contributed by atoms with E-state index in [-0.39, 0.29) is 12.5 Å². The van der Waals surface area contributed by atoms with Crippen LogP contribution in [0.15, 0.2) is 12.1 Å². The van der Waals surface area contributed by atoms with E-state index in [2.05, 4.69) is 5.32 Å². The van der Waals surface area contributed by atoms with Gasteiger partial charge in [0, 0.05) is 11.1 Å². The Kier molecular flexibility index (Phi) is 6.03. The van der Waals surface area contributed by atoms with Gasteiger partial charge in [-0.05, 0) is 51.0 Å². The van der Waals surface area contributed by atoms with Gasteiger partial charge in [0.25, 0.3) is 5.91 Å². The van der Waals surface area contributed by atoms with E-state index in [1.54, 1.807) is 26.0 Å². The number of hydrogen-bond acceptors (Lipinski definition) is 3. The second-order valence-corrected chi connectivity index (χ2v) is 5.52. The zero-order chi connectivity index (χ0) is 16.2. The number of hydrogen-bond donors (Lipinski definition) is 2. The molecule has 0 aliphatic rings. The summed E-state index contributed by atoms with van der Waals surface area (Å²) < 4.78 is 5.41. The van der Waals surface area contributed by atoms with Crippen molar-refractivity contribution in [3.05, 3.63) is 28.3 Å². The topological polar surface area (TPSA) is 75.6 Å². The van der Waals surface area contributed by atoms with Gasteiger partial charge in [0.2, 0.25) is 0 Å². The Morgan fingerprint density at radius 1 is 1.29 bits per heavy atom. The Labute approximate surface area is 129 Å². The summed E-state index contributed by atoms with van der Waals surface area (Å²) in [6.07, 6.45) is 0. The zero-order valence-electron chi connectivity index (χ0n) is 12.6. The van der Waals surface area contributed by atoms with Gasteiger partial charge in [-0.25, -0.2) is 0 Å². The highest BCUT2D eigenvalue weighted by molar-refractivity contribution is 6.32. The number of ether oxygens (including phenoxy) is 1. The van der Waals surface area contributed by atoms with Crippen molar-refractivity contribution < 1.29 is 19.4 Å². The quantitative estimate of drug-likeness (QED) is 0.846. The molecule has 2 atom stereocenters. The Morgan fingerprint density at radius 3 is 2.29 bits per heavy atom. The van der Waals surface area contributed by atoms with Gasteiger partial charge < -0.3 is 15.2 Å². The van der Waals surface area contributed by atoms with Crippen molar-refractivity contribution in [2.24, 2.45) is 5.92 Å². The van der Waals surface area contributed by atoms with Crippen molar-refractivity contribution in [1.82, 2.24) is 5.32 Å². The largest absolute Gasteiger partial charge is 0.484 e. The minimum absolute atomic E-state index is 0.169. The molecule has 0 radical (unpaired) electrons. The molecular weight excluding hydrogens is 294 g/mol. The van der Waals surface area contributed by atoms with Crippen LogP contribution < -0.4 is 10.1 Å². The molecule has 0 aliphatic carbocycles. The van der Waals surface area contributed by atoms with Crippen LogP contribution >= 0.6 is 11.6 Å². The van der Waals surface area contributed by atoms with Crippen LogP contribution in [-0.2, 0) is 9.59 Å². The summed E-state index contributed by atoms with van der Waals surface area (Å²) in [7, 11) is 0. The lowest BCUT2D eigenvalue weighted by Gasteiger charge is -2.18. The maximum Gasteiger partial charge on any atom is 0.308 e. The molecule has 0 heterocycles. The summed E-state index contributed by atoms with van der Waals surface area (Å²) >= 11 is 6.06. The predicted octanol–water partition coefficient (Wildman–Crippen LogP) is 2.56. The number of rotatable bonds is 6. The number of amides is 1. The molecule has 5 nitrogen and oxygen atoms in total. The van der Waals surface area contributed by atoms with E-state index in [9.17, 15) is 9.59 Å². The molecule has 2 N–H and O–H groups in total. The lowest BCUT2D eigenvalue weighted by atomic mass is 10.0. The zero-order valence-corrected chi connectivity index (χ0v) is 13.3. The van der Waals surface area contributed by atoms with E-state index in [4.69, 9.17) is 21.4 Å². The van der Waals surface area contributed by atoms with Crippen molar-refractivity contribution in [2.45, 2.75) is 33.7 Å². The van der Waals surface area contributed by atoms with E-state index in [0.717, 1.165) is 11.1 Å². The summed E-state index contributed by atoms with van der Waals surface area (Å²) in [6.45, 7) is 6.74. The normalized spacial score (nSPS) is 13.4. The van der Waals surface area contributed by atoms with Crippen molar-refractivity contribution in [3.8, 4) is 5.75 Å². The van der Waals surface area contributed by atoms with Gasteiger partial charge in [-0.1, -0.05) is 11.6 Å². The van der Waals surface area contributed by atoms with E-state index < -0.39 is 17.9 Å². The van der Waals surface area contributed by atoms with Crippen molar-refractivity contribution in [3.63, 3.8) is 0 Å². The molecule has 0 spiro atoms. The number of carbonyl (C=O) groups excluding carboxylic acids is 1. The number of aliphatic carboxylic acids is 1. The smallest absolute Gasteiger partial charge is 0.308 e. The van der Waals surface area contributed by atoms with Crippen LogP contribution in [-0.4, -0.2) is 29.6 Å². The van der Waals surface area contributed by atoms with Gasteiger partial charge in [0.05, 0.1) is 5.92 Å². The first kappa shape index (κ1) is 17.3. The molecule has 2 unspecified atom stereocenters. The fourth-order valence-corrected chi connectivity index (χ4v) is 1.88. The summed E-state index contributed by atoms with van der Waals surface area (Å²) in [6, 6.07) is 3.05. The Hall–Kier alpha value is -1.75. The molecule has 0 aliphatic heterocycles. The molecule has 21 heavy (non-hydrogen) atoms. The van der Waals surface area contributed by atoms with Crippen LogP contribution in [0, 0.1) is 19.8 Å². The third kappa shape index (κ3) is 4.93. The number of carboxylic acids is 1. The third-order valence-corrected chi connectivity index (χ3v) is 3.90. The van der Waals surface area contributed by atoms with Gasteiger partial charge in [0.1, 0.15) is 5.75 Å². The average molecular weight is 314 g/mol. The number of halogens is 1. The monoisotopic (exact) mass is 313 g/mol. The van der Waals surface area contributed by atoms with Crippen LogP contribution in [0.5, 0.6) is 5.75 Å². The molecule has 0 fully saturated rings. The van der Waals surface area contributed by atoms with Gasteiger partial charge >= 0.3 is 5.97 Å². The molecule has 1 amide bonds. The van der Waals surface area contributed by atoms with Crippen molar-refractivity contribution >= 4 is 23.5 Å². The average Bonchev–Trinajstić information content (AvgIpc) is 2.41. The van der Waals surface area contributed by atoms with Gasteiger partial charge in [-0.2, -0.15) is 0 Å². The van der Waals surface area contributed by atoms with Gasteiger partial charge in [0.15, 0.2) is 6.61 Å². The molecule has 1 aromatic carbocycles. The highest BCUT2D eigenvalue weighted by atomic mass is 35.5. The maximum atomic E-state index is 11.7. The molecule has 1 rings (SSSR count). The second kappa shape index (κ2) is 7.31. The minimum Gasteiger partial charge on any atom is -0.484 e. The number of benzene rings is 1. The van der Waals surface area contributed by atoms with Crippen LogP contribution in [0.1, 0.15) is 25.0 Å². The second-order valence-electron chi connectivity index (χ2n) is 5.14. The molecule has 0 aromatic heterocycles. The molecule has 6 heteroatoms. The number of aryl methyl sites for hydroxylation is 2. The Bertz CT molecular complexity index is 521. The highest BCUT2D eigenvalue weighted by Gasteiger charge is 2.21. The van der Waals surface area contributed by atoms with Crippen LogP contribution in [0.2, 0.25) is 5.02 Å². The highest BCUT2D eigenvalue weighted by Crippen LogP contribution is 2.25. The lowest BCUT2D eigenvalue weighted by molar-refractivity contribution is -0.142. The third-order valence-electron chi connectivity index (χ3n) is 3.31. The standard InChI is InChI=1S/C15H20ClNO4/c1-8-5-12(6-9(2)14(8)16)21-7-13(18)17-11(4)10(3)15(19)20/h5-6,10-11H,7H2,1-4H3,(H,17,18)(H,19,20). The van der Waals surface area contributed by atoms with Crippen LogP contribution in [0.25, 0.3) is 0 Å². The van der Waals surface area contributed by atoms with Crippen molar-refractivity contribution in [2.75, 3.05) is 6.61 Å². The van der Waals surface area contributed by atoms with Crippen molar-refractivity contribution in [1.29, 1.82) is 0 Å². The summed E-state index contributed by atoms with van der Waals surface area (Å²) in [5.41, 5.74) is 1.75. The predicted molar refractivity (Wildman–Crippen MR) is 80.8 cm³/mol. The first-order valence-electron chi connectivity index (χ1n) is 6.64. The SMILES string of the molecule is Cc1cc(OCC(=O)NC(C)C(C)C(=O)O)cc(C)c1Cl. The van der Waals surface area contributed by atoms with E-state index >= 15 is 0 Å². The molecule has 116 valence electrons. The first-order chi connectivity index (χ1) is 9.72. The number of nitrogens with one attached hydrogen (secondary N) is 1. The lowest BCUT2D eigenvalue weighted by Crippen LogP contribution is -2.42. The Balaban J connectivity index is 2.56. The fourth-order valence-electron chi connectivity index (χ4n) is 1.77. The molecular formula is C15H20ClNO4. The summed E-state index contributed by atoms with van der Waals surface area (Å²) in [4.78, 5) is 22.5. The minimum atomic E-state index is -0.951. The number of carbonyl (C=O) groups is 2. The van der Waals surface area contributed by atoms with Gasteiger partial charge in [-0.3, -0.25) is 9.59 Å². The van der Waals surface area contributed by atoms with E-state index in [1.807, 2.05) is 13.8 Å². The van der Waals surface area contributed by atoms with E-state index in [1.165, 1.54) is 0 Å². The summed E-state index contributed by atoms with van der Waals surface area (Å²) in [5.74, 6) is -1.41. The van der Waals surface area contributed by atoms with Gasteiger partial charge in [-0.15, -0.1) is 0 Å². The number of carboxylic acid groups (broad SMARTS) is 1. The molecule has 0 bridgehead atoms. The molecule has 0 saturated carbocycles. The summed E-state index contributed by atoms with van der Waals surface area (Å²) in [5, 5.41) is 12.1. The molecule has 0 saturated heterocycles.